The van der Waals surface area contributed by atoms with E-state index >= 15 is 0 Å². The number of amides is 1. The molecule has 2 rings (SSSR count). The number of hydrogen-bond donors (Lipinski definition) is 2. The second-order valence-corrected chi connectivity index (χ2v) is 5.10. The average molecular weight is 279 g/mol. The van der Waals surface area contributed by atoms with Crippen LogP contribution in [-0.4, -0.2) is 48.0 Å². The Bertz CT molecular complexity index is 581. The zero-order valence-electron chi connectivity index (χ0n) is 11.2. The van der Waals surface area contributed by atoms with Crippen molar-refractivity contribution in [3.8, 4) is 0 Å². The zero-order chi connectivity index (χ0) is 13.8. The fraction of sp³-hybridized carbons (Fsp3) is 0.417. The maximum atomic E-state index is 11.6. The molecule has 7 heteroatoms. The molecule has 0 unspecified atom stereocenters. The number of fused-ring (bicyclic) bond motifs is 1. The van der Waals surface area contributed by atoms with Crippen LogP contribution in [0.5, 0.6) is 0 Å². The van der Waals surface area contributed by atoms with E-state index in [-0.39, 0.29) is 12.5 Å². The number of rotatable bonds is 5. The molecule has 0 radical (unpaired) electrons. The molecule has 6 nitrogen and oxygen atoms in total. The average Bonchev–Trinajstić information content (AvgIpc) is 2.84. The summed E-state index contributed by atoms with van der Waals surface area (Å²) >= 11 is 1.56. The Morgan fingerprint density at radius 1 is 1.37 bits per heavy atom. The van der Waals surface area contributed by atoms with Gasteiger partial charge in [0.25, 0.3) is 0 Å². The van der Waals surface area contributed by atoms with Crippen LogP contribution in [-0.2, 0) is 4.79 Å². The highest BCUT2D eigenvalue weighted by Gasteiger charge is 2.10. The molecule has 2 N–H and O–H groups in total. The first-order valence-corrected chi connectivity index (χ1v) is 6.93. The third-order valence-electron chi connectivity index (χ3n) is 2.57. The van der Waals surface area contributed by atoms with Crippen LogP contribution >= 0.6 is 11.3 Å². The highest BCUT2D eigenvalue weighted by molar-refractivity contribution is 7.16. The molecule has 0 aliphatic rings. The number of hydrogen-bond acceptors (Lipinski definition) is 6. The standard InChI is InChI=1S/C12H17N5OS/c1-4-13-12-15-10(14-7-9(18)17(2)3)8-5-6-19-11(8)16-12/h5-6H,4,7H2,1-3H3,(H2,13,14,15,16). The Hall–Kier alpha value is -1.89. The fourth-order valence-electron chi connectivity index (χ4n) is 1.54. The molecule has 0 spiro atoms. The quantitative estimate of drug-likeness (QED) is 0.870. The van der Waals surface area contributed by atoms with E-state index in [2.05, 4.69) is 20.6 Å². The number of aromatic nitrogens is 2. The van der Waals surface area contributed by atoms with Crippen molar-refractivity contribution >= 4 is 39.2 Å². The number of likely N-dealkylation sites (N-methyl/N-ethyl adjacent to an activating group) is 1. The minimum atomic E-state index is 0.00647. The summed E-state index contributed by atoms with van der Waals surface area (Å²) in [6.07, 6.45) is 0. The lowest BCUT2D eigenvalue weighted by atomic mass is 10.3. The summed E-state index contributed by atoms with van der Waals surface area (Å²) in [7, 11) is 3.46. The Morgan fingerprint density at radius 3 is 2.84 bits per heavy atom. The summed E-state index contributed by atoms with van der Waals surface area (Å²) in [6.45, 7) is 2.97. The SMILES string of the molecule is CCNc1nc(NCC(=O)N(C)C)c2ccsc2n1. The molecule has 19 heavy (non-hydrogen) atoms. The number of carbonyl (C=O) groups excluding carboxylic acids is 1. The lowest BCUT2D eigenvalue weighted by Crippen LogP contribution is -2.28. The lowest BCUT2D eigenvalue weighted by molar-refractivity contribution is -0.126. The number of anilines is 2. The van der Waals surface area contributed by atoms with Gasteiger partial charge in [0.1, 0.15) is 10.6 Å². The summed E-state index contributed by atoms with van der Waals surface area (Å²) in [5, 5.41) is 9.08. The maximum Gasteiger partial charge on any atom is 0.241 e. The van der Waals surface area contributed by atoms with Crippen molar-refractivity contribution in [3.63, 3.8) is 0 Å². The molecule has 0 atom stereocenters. The topological polar surface area (TPSA) is 70.2 Å². The van der Waals surface area contributed by atoms with Gasteiger partial charge in [-0.15, -0.1) is 11.3 Å². The van der Waals surface area contributed by atoms with Gasteiger partial charge in [0.15, 0.2) is 0 Å². The van der Waals surface area contributed by atoms with Crippen LogP contribution in [0.3, 0.4) is 0 Å². The minimum Gasteiger partial charge on any atom is -0.360 e. The van der Waals surface area contributed by atoms with E-state index < -0.39 is 0 Å². The van der Waals surface area contributed by atoms with Crippen molar-refractivity contribution in [2.45, 2.75) is 6.92 Å². The van der Waals surface area contributed by atoms with E-state index in [4.69, 9.17) is 0 Å². The van der Waals surface area contributed by atoms with E-state index in [0.29, 0.717) is 11.8 Å². The van der Waals surface area contributed by atoms with Gasteiger partial charge in [-0.25, -0.2) is 4.98 Å². The first-order valence-electron chi connectivity index (χ1n) is 6.05. The van der Waals surface area contributed by atoms with Crippen molar-refractivity contribution < 1.29 is 4.79 Å². The van der Waals surface area contributed by atoms with Gasteiger partial charge in [-0.2, -0.15) is 4.98 Å². The number of nitrogens with zero attached hydrogens (tertiary/aromatic N) is 3. The van der Waals surface area contributed by atoms with Gasteiger partial charge in [0.2, 0.25) is 11.9 Å². The highest BCUT2D eigenvalue weighted by Crippen LogP contribution is 2.26. The Morgan fingerprint density at radius 2 is 2.16 bits per heavy atom. The summed E-state index contributed by atoms with van der Waals surface area (Å²) < 4.78 is 0. The van der Waals surface area contributed by atoms with Crippen LogP contribution in [0.1, 0.15) is 6.92 Å². The third kappa shape index (κ3) is 3.11. The van der Waals surface area contributed by atoms with Crippen LogP contribution in [0.2, 0.25) is 0 Å². The minimum absolute atomic E-state index is 0.00647. The van der Waals surface area contributed by atoms with Gasteiger partial charge in [-0.1, -0.05) is 0 Å². The summed E-state index contributed by atoms with van der Waals surface area (Å²) in [6, 6.07) is 1.96. The Kier molecular flexibility index (Phi) is 4.16. The number of thiophene rings is 1. The van der Waals surface area contributed by atoms with E-state index in [1.807, 2.05) is 18.4 Å². The molecule has 0 bridgehead atoms. The van der Waals surface area contributed by atoms with Crippen molar-refractivity contribution in [1.82, 2.24) is 14.9 Å². The van der Waals surface area contributed by atoms with E-state index in [1.54, 1.807) is 30.3 Å². The molecule has 0 aliphatic carbocycles. The maximum absolute atomic E-state index is 11.6. The van der Waals surface area contributed by atoms with Crippen LogP contribution in [0.15, 0.2) is 11.4 Å². The van der Waals surface area contributed by atoms with E-state index in [1.165, 1.54) is 0 Å². The van der Waals surface area contributed by atoms with Crippen molar-refractivity contribution in [2.75, 3.05) is 37.8 Å². The molecule has 0 saturated carbocycles. The third-order valence-corrected chi connectivity index (χ3v) is 3.37. The van der Waals surface area contributed by atoms with Crippen molar-refractivity contribution in [1.29, 1.82) is 0 Å². The van der Waals surface area contributed by atoms with Crippen molar-refractivity contribution in [2.24, 2.45) is 0 Å². The Balaban J connectivity index is 2.24. The molecule has 2 aromatic heterocycles. The molecule has 1 amide bonds. The summed E-state index contributed by atoms with van der Waals surface area (Å²) in [4.78, 5) is 22.9. The Labute approximate surface area is 115 Å². The van der Waals surface area contributed by atoms with Gasteiger partial charge in [0, 0.05) is 20.6 Å². The number of nitrogens with one attached hydrogen (secondary N) is 2. The second-order valence-electron chi connectivity index (χ2n) is 4.21. The molecular weight excluding hydrogens is 262 g/mol. The second kappa shape index (κ2) is 5.83. The van der Waals surface area contributed by atoms with Crippen molar-refractivity contribution in [3.05, 3.63) is 11.4 Å². The lowest BCUT2D eigenvalue weighted by Gasteiger charge is -2.12. The fourth-order valence-corrected chi connectivity index (χ4v) is 2.31. The smallest absolute Gasteiger partial charge is 0.241 e. The van der Waals surface area contributed by atoms with Crippen LogP contribution in [0, 0.1) is 0 Å². The summed E-state index contributed by atoms with van der Waals surface area (Å²) in [5.74, 6) is 1.28. The van der Waals surface area contributed by atoms with Crippen LogP contribution in [0.4, 0.5) is 11.8 Å². The summed E-state index contributed by atoms with van der Waals surface area (Å²) in [5.41, 5.74) is 0. The largest absolute Gasteiger partial charge is 0.360 e. The molecular formula is C12H17N5OS. The molecule has 0 aromatic carbocycles. The normalized spacial score (nSPS) is 10.5. The monoisotopic (exact) mass is 279 g/mol. The number of carbonyl (C=O) groups is 1. The van der Waals surface area contributed by atoms with Gasteiger partial charge in [-0.05, 0) is 18.4 Å². The molecule has 0 aliphatic heterocycles. The molecule has 2 aromatic rings. The van der Waals surface area contributed by atoms with E-state index in [9.17, 15) is 4.79 Å². The van der Waals surface area contributed by atoms with Gasteiger partial charge in [0.05, 0.1) is 11.9 Å². The molecule has 0 saturated heterocycles. The van der Waals surface area contributed by atoms with Gasteiger partial charge >= 0.3 is 0 Å². The highest BCUT2D eigenvalue weighted by atomic mass is 32.1. The van der Waals surface area contributed by atoms with Gasteiger partial charge in [-0.3, -0.25) is 4.79 Å². The van der Waals surface area contributed by atoms with Crippen LogP contribution < -0.4 is 10.6 Å². The first kappa shape index (κ1) is 13.5. The van der Waals surface area contributed by atoms with Crippen LogP contribution in [0.25, 0.3) is 10.2 Å². The predicted molar refractivity (Wildman–Crippen MR) is 78.8 cm³/mol. The predicted octanol–water partition coefficient (Wildman–Crippen LogP) is 1.62. The first-order chi connectivity index (χ1) is 9.11. The molecule has 2 heterocycles. The zero-order valence-corrected chi connectivity index (χ0v) is 12.0. The molecule has 102 valence electrons. The van der Waals surface area contributed by atoms with E-state index in [0.717, 1.165) is 16.8 Å². The van der Waals surface area contributed by atoms with Gasteiger partial charge < -0.3 is 15.5 Å². The molecule has 0 fully saturated rings.